The molecule has 0 saturated heterocycles. The average Bonchev–Trinajstić information content (AvgIpc) is 2.52. The third-order valence-corrected chi connectivity index (χ3v) is 6.07. The van der Waals surface area contributed by atoms with Crippen molar-refractivity contribution in [3.8, 4) is 0 Å². The molecular weight excluding hydrogens is 319 g/mol. The lowest BCUT2D eigenvalue weighted by Crippen LogP contribution is -2.30. The van der Waals surface area contributed by atoms with E-state index in [1.54, 1.807) is 6.08 Å². The second-order valence-corrected chi connectivity index (χ2v) is 9.33. The van der Waals surface area contributed by atoms with E-state index in [2.05, 4.69) is 61.1 Å². The van der Waals surface area contributed by atoms with Crippen LogP contribution in [0.15, 0.2) is 35.5 Å². The minimum Gasteiger partial charge on any atom is -0.247 e. The molecule has 0 aliphatic carbocycles. The SMILES string of the molecule is C=C(C)C(CCC)(CCC)CC(C)(C)CCC(C)/C(C)=C/C(C)=C\CF. The van der Waals surface area contributed by atoms with Gasteiger partial charge in [-0.25, -0.2) is 4.39 Å². The van der Waals surface area contributed by atoms with E-state index < -0.39 is 0 Å². The predicted molar refractivity (Wildman–Crippen MR) is 117 cm³/mol. The first-order valence-electron chi connectivity index (χ1n) is 10.6. The van der Waals surface area contributed by atoms with Gasteiger partial charge in [-0.3, -0.25) is 0 Å². The first-order valence-corrected chi connectivity index (χ1v) is 10.6. The average molecular weight is 365 g/mol. The molecule has 152 valence electrons. The van der Waals surface area contributed by atoms with Crippen molar-refractivity contribution in [3.63, 3.8) is 0 Å². The Bertz CT molecular complexity index is 472. The standard InChI is InChI=1S/C25H45F/c1-10-14-25(15-11-2,20(3)4)19-24(8,9)16-12-22(6)23(7)18-21(5)13-17-26/h13,18,22H,3,10-12,14-17,19H2,1-2,4-9H3/b21-13-,23-18+. The Labute approximate surface area is 164 Å². The fraction of sp³-hybridized carbons (Fsp3) is 0.760. The Morgan fingerprint density at radius 2 is 1.58 bits per heavy atom. The molecule has 0 heterocycles. The summed E-state index contributed by atoms with van der Waals surface area (Å²) in [6.07, 6.45) is 12.4. The summed E-state index contributed by atoms with van der Waals surface area (Å²) in [4.78, 5) is 0. The highest BCUT2D eigenvalue weighted by molar-refractivity contribution is 5.22. The molecule has 0 bridgehead atoms. The maximum atomic E-state index is 12.4. The summed E-state index contributed by atoms with van der Waals surface area (Å²) in [6.45, 7) is 22.1. The first kappa shape index (κ1) is 25.1. The van der Waals surface area contributed by atoms with Gasteiger partial charge in [-0.2, -0.15) is 0 Å². The Morgan fingerprint density at radius 1 is 1.04 bits per heavy atom. The smallest absolute Gasteiger partial charge is 0.108 e. The van der Waals surface area contributed by atoms with E-state index in [9.17, 15) is 4.39 Å². The normalized spacial score (nSPS) is 15.3. The van der Waals surface area contributed by atoms with Gasteiger partial charge in [-0.1, -0.05) is 82.9 Å². The summed E-state index contributed by atoms with van der Waals surface area (Å²) in [5, 5.41) is 0. The van der Waals surface area contributed by atoms with Gasteiger partial charge in [-0.15, -0.1) is 0 Å². The Morgan fingerprint density at radius 3 is 2.00 bits per heavy atom. The molecule has 0 aliphatic heterocycles. The number of alkyl halides is 1. The van der Waals surface area contributed by atoms with Gasteiger partial charge in [0.2, 0.25) is 0 Å². The van der Waals surface area contributed by atoms with Crippen LogP contribution in [-0.2, 0) is 0 Å². The van der Waals surface area contributed by atoms with Crippen molar-refractivity contribution in [3.05, 3.63) is 35.5 Å². The van der Waals surface area contributed by atoms with Crippen LogP contribution in [-0.4, -0.2) is 6.67 Å². The zero-order chi connectivity index (χ0) is 20.4. The lowest BCUT2D eigenvalue weighted by Gasteiger charge is -2.42. The van der Waals surface area contributed by atoms with Gasteiger partial charge < -0.3 is 0 Å². The van der Waals surface area contributed by atoms with E-state index in [1.165, 1.54) is 56.1 Å². The lowest BCUT2D eigenvalue weighted by molar-refractivity contribution is 0.151. The number of allylic oxidation sites excluding steroid dienone is 5. The summed E-state index contributed by atoms with van der Waals surface area (Å²) < 4.78 is 12.4. The molecule has 26 heavy (non-hydrogen) atoms. The summed E-state index contributed by atoms with van der Waals surface area (Å²) in [5.74, 6) is 0.536. The van der Waals surface area contributed by atoms with Gasteiger partial charge in [0, 0.05) is 0 Å². The van der Waals surface area contributed by atoms with Gasteiger partial charge in [0.25, 0.3) is 0 Å². The van der Waals surface area contributed by atoms with Crippen LogP contribution in [0.25, 0.3) is 0 Å². The first-order chi connectivity index (χ1) is 12.0. The number of hydrogen-bond acceptors (Lipinski definition) is 0. The molecule has 0 N–H and O–H groups in total. The molecule has 0 saturated carbocycles. The molecule has 1 atom stereocenters. The van der Waals surface area contributed by atoms with E-state index in [0.29, 0.717) is 16.7 Å². The van der Waals surface area contributed by atoms with Crippen molar-refractivity contribution < 1.29 is 4.39 Å². The summed E-state index contributed by atoms with van der Waals surface area (Å²) in [6, 6.07) is 0. The highest BCUT2D eigenvalue weighted by atomic mass is 19.1. The molecule has 0 amide bonds. The number of halogens is 1. The van der Waals surface area contributed by atoms with Crippen LogP contribution in [0.4, 0.5) is 4.39 Å². The van der Waals surface area contributed by atoms with E-state index in [0.717, 1.165) is 5.57 Å². The van der Waals surface area contributed by atoms with Crippen molar-refractivity contribution in [2.75, 3.05) is 6.67 Å². The molecule has 0 spiro atoms. The molecule has 0 aromatic carbocycles. The molecule has 0 aromatic rings. The minimum absolute atomic E-state index is 0.293. The van der Waals surface area contributed by atoms with E-state index in [4.69, 9.17) is 0 Å². The van der Waals surface area contributed by atoms with Crippen LogP contribution < -0.4 is 0 Å². The molecule has 0 fully saturated rings. The van der Waals surface area contributed by atoms with Crippen molar-refractivity contribution >= 4 is 0 Å². The van der Waals surface area contributed by atoms with Gasteiger partial charge in [0.05, 0.1) is 0 Å². The molecule has 0 radical (unpaired) electrons. The van der Waals surface area contributed by atoms with E-state index in [1.807, 2.05) is 6.92 Å². The molecule has 0 aliphatic rings. The molecular formula is C25H45F. The summed E-state index contributed by atoms with van der Waals surface area (Å²) >= 11 is 0. The largest absolute Gasteiger partial charge is 0.247 e. The fourth-order valence-corrected chi connectivity index (χ4v) is 4.36. The van der Waals surface area contributed by atoms with Crippen LogP contribution in [0.3, 0.4) is 0 Å². The third kappa shape index (κ3) is 8.69. The summed E-state index contributed by atoms with van der Waals surface area (Å²) in [7, 11) is 0. The Kier molecular flexibility index (Phi) is 11.4. The molecule has 0 rings (SSSR count). The van der Waals surface area contributed by atoms with Gasteiger partial charge in [0.1, 0.15) is 6.67 Å². The topological polar surface area (TPSA) is 0 Å². The maximum Gasteiger partial charge on any atom is 0.108 e. The second-order valence-electron chi connectivity index (χ2n) is 9.33. The third-order valence-electron chi connectivity index (χ3n) is 6.07. The Balaban J connectivity index is 5.05. The fourth-order valence-electron chi connectivity index (χ4n) is 4.36. The van der Waals surface area contributed by atoms with Crippen molar-refractivity contribution in [1.82, 2.24) is 0 Å². The zero-order valence-corrected chi connectivity index (χ0v) is 19.0. The minimum atomic E-state index is -0.380. The van der Waals surface area contributed by atoms with Gasteiger partial charge in [0.15, 0.2) is 0 Å². The monoisotopic (exact) mass is 364 g/mol. The molecule has 1 heteroatoms. The van der Waals surface area contributed by atoms with Gasteiger partial charge in [-0.05, 0) is 69.6 Å². The van der Waals surface area contributed by atoms with Crippen LogP contribution in [0, 0.1) is 16.7 Å². The van der Waals surface area contributed by atoms with Crippen molar-refractivity contribution in [2.45, 2.75) is 100 Å². The van der Waals surface area contributed by atoms with Crippen molar-refractivity contribution in [2.24, 2.45) is 16.7 Å². The van der Waals surface area contributed by atoms with Crippen LogP contribution >= 0.6 is 0 Å². The van der Waals surface area contributed by atoms with E-state index in [-0.39, 0.29) is 6.67 Å². The van der Waals surface area contributed by atoms with Crippen LogP contribution in [0.1, 0.15) is 100 Å². The van der Waals surface area contributed by atoms with Crippen LogP contribution in [0.5, 0.6) is 0 Å². The Hall–Kier alpha value is -0.850. The van der Waals surface area contributed by atoms with Crippen LogP contribution in [0.2, 0.25) is 0 Å². The molecule has 0 nitrogen and oxygen atoms in total. The van der Waals surface area contributed by atoms with Gasteiger partial charge >= 0.3 is 0 Å². The van der Waals surface area contributed by atoms with Crippen molar-refractivity contribution in [1.29, 1.82) is 0 Å². The highest BCUT2D eigenvalue weighted by Crippen LogP contribution is 2.48. The molecule has 1 unspecified atom stereocenters. The van der Waals surface area contributed by atoms with E-state index >= 15 is 0 Å². The predicted octanol–water partition coefficient (Wildman–Crippen LogP) is 8.84. The highest BCUT2D eigenvalue weighted by Gasteiger charge is 2.35. The zero-order valence-electron chi connectivity index (χ0n) is 19.0. The number of hydrogen-bond donors (Lipinski definition) is 0. The lowest BCUT2D eigenvalue weighted by atomic mass is 9.63. The second kappa shape index (κ2) is 11.8. The molecule has 0 aromatic heterocycles. The number of rotatable bonds is 13. The maximum absolute atomic E-state index is 12.4. The quantitative estimate of drug-likeness (QED) is 0.226. The summed E-state index contributed by atoms with van der Waals surface area (Å²) in [5.41, 5.74) is 4.36.